The van der Waals surface area contributed by atoms with Gasteiger partial charge in [0.15, 0.2) is 0 Å². The highest BCUT2D eigenvalue weighted by molar-refractivity contribution is 5.89. The number of nitrogens with one attached hydrogen (secondary N) is 2. The SMILES string of the molecule is C=C(C)COCCNC(=O)Nc1cccc([C@H](C)OC)c1. The van der Waals surface area contributed by atoms with Gasteiger partial charge in [-0.2, -0.15) is 0 Å². The molecule has 5 heteroatoms. The maximum Gasteiger partial charge on any atom is 0.319 e. The number of ether oxygens (including phenoxy) is 2. The molecule has 0 saturated heterocycles. The van der Waals surface area contributed by atoms with Crippen molar-refractivity contribution in [1.82, 2.24) is 5.32 Å². The van der Waals surface area contributed by atoms with Crippen molar-refractivity contribution in [2.75, 3.05) is 32.2 Å². The van der Waals surface area contributed by atoms with E-state index >= 15 is 0 Å². The molecule has 1 atom stereocenters. The van der Waals surface area contributed by atoms with Gasteiger partial charge in [0.25, 0.3) is 0 Å². The van der Waals surface area contributed by atoms with Crippen LogP contribution in [0.25, 0.3) is 0 Å². The van der Waals surface area contributed by atoms with Crippen LogP contribution in [-0.2, 0) is 9.47 Å². The van der Waals surface area contributed by atoms with Crippen LogP contribution in [0.2, 0.25) is 0 Å². The summed E-state index contributed by atoms with van der Waals surface area (Å²) in [7, 11) is 1.66. The van der Waals surface area contributed by atoms with Gasteiger partial charge in [-0.15, -0.1) is 0 Å². The quantitative estimate of drug-likeness (QED) is 0.572. The van der Waals surface area contributed by atoms with Crippen molar-refractivity contribution in [3.8, 4) is 0 Å². The maximum atomic E-state index is 11.7. The summed E-state index contributed by atoms with van der Waals surface area (Å²) in [6.07, 6.45) is -0.00893. The molecule has 0 saturated carbocycles. The molecule has 1 rings (SSSR count). The molecule has 2 amide bonds. The first-order valence-corrected chi connectivity index (χ1v) is 6.92. The van der Waals surface area contributed by atoms with Crippen LogP contribution in [0.4, 0.5) is 10.5 Å². The number of anilines is 1. The van der Waals surface area contributed by atoms with Crippen LogP contribution in [0.3, 0.4) is 0 Å². The molecule has 0 aliphatic heterocycles. The van der Waals surface area contributed by atoms with Gasteiger partial charge in [0.05, 0.1) is 19.3 Å². The van der Waals surface area contributed by atoms with Gasteiger partial charge in [-0.25, -0.2) is 4.79 Å². The summed E-state index contributed by atoms with van der Waals surface area (Å²) >= 11 is 0. The number of carbonyl (C=O) groups excluding carboxylic acids is 1. The second kappa shape index (κ2) is 9.15. The highest BCUT2D eigenvalue weighted by Crippen LogP contribution is 2.19. The average molecular weight is 292 g/mol. The summed E-state index contributed by atoms with van der Waals surface area (Å²) in [5.41, 5.74) is 2.71. The highest BCUT2D eigenvalue weighted by Gasteiger charge is 2.06. The first-order chi connectivity index (χ1) is 10.0. The zero-order chi connectivity index (χ0) is 15.7. The van der Waals surface area contributed by atoms with Gasteiger partial charge in [-0.3, -0.25) is 0 Å². The number of hydrogen-bond acceptors (Lipinski definition) is 3. The van der Waals surface area contributed by atoms with Crippen LogP contribution in [0.15, 0.2) is 36.4 Å². The zero-order valence-corrected chi connectivity index (χ0v) is 12.9. The molecule has 1 aromatic carbocycles. The Morgan fingerprint density at radius 1 is 1.43 bits per heavy atom. The Labute approximate surface area is 126 Å². The fourth-order valence-corrected chi connectivity index (χ4v) is 1.66. The van der Waals surface area contributed by atoms with E-state index in [1.807, 2.05) is 38.1 Å². The third-order valence-electron chi connectivity index (χ3n) is 2.85. The number of amides is 2. The molecule has 116 valence electrons. The van der Waals surface area contributed by atoms with Gasteiger partial charge in [-0.05, 0) is 31.5 Å². The minimum absolute atomic E-state index is 0.00893. The number of hydrogen-bond donors (Lipinski definition) is 2. The summed E-state index contributed by atoms with van der Waals surface area (Å²) in [5.74, 6) is 0. The summed E-state index contributed by atoms with van der Waals surface area (Å²) in [6.45, 7) is 9.02. The lowest BCUT2D eigenvalue weighted by Crippen LogP contribution is -2.31. The average Bonchev–Trinajstić information content (AvgIpc) is 2.46. The Morgan fingerprint density at radius 3 is 2.86 bits per heavy atom. The molecule has 0 aromatic heterocycles. The van der Waals surface area contributed by atoms with Crippen molar-refractivity contribution < 1.29 is 14.3 Å². The van der Waals surface area contributed by atoms with E-state index in [1.165, 1.54) is 0 Å². The normalized spacial score (nSPS) is 11.8. The van der Waals surface area contributed by atoms with Gasteiger partial charge < -0.3 is 20.1 Å². The van der Waals surface area contributed by atoms with Crippen molar-refractivity contribution in [3.63, 3.8) is 0 Å². The minimum atomic E-state index is -0.254. The minimum Gasteiger partial charge on any atom is -0.377 e. The molecule has 0 fully saturated rings. The number of rotatable bonds is 8. The smallest absolute Gasteiger partial charge is 0.319 e. The molecular formula is C16H24N2O3. The maximum absolute atomic E-state index is 11.7. The van der Waals surface area contributed by atoms with Gasteiger partial charge >= 0.3 is 6.03 Å². The van der Waals surface area contributed by atoms with Crippen LogP contribution in [0.1, 0.15) is 25.5 Å². The van der Waals surface area contributed by atoms with Crippen molar-refractivity contribution >= 4 is 11.7 Å². The van der Waals surface area contributed by atoms with E-state index in [4.69, 9.17) is 9.47 Å². The lowest BCUT2D eigenvalue weighted by atomic mass is 10.1. The van der Waals surface area contributed by atoms with E-state index in [1.54, 1.807) is 7.11 Å². The van der Waals surface area contributed by atoms with E-state index in [-0.39, 0.29) is 12.1 Å². The largest absolute Gasteiger partial charge is 0.377 e. The summed E-state index contributed by atoms with van der Waals surface area (Å²) < 4.78 is 10.6. The first kappa shape index (κ1) is 17.2. The molecule has 0 heterocycles. The summed E-state index contributed by atoms with van der Waals surface area (Å²) in [4.78, 5) is 11.7. The third-order valence-corrected chi connectivity index (χ3v) is 2.85. The van der Waals surface area contributed by atoms with Gasteiger partial charge in [0.1, 0.15) is 0 Å². The van der Waals surface area contributed by atoms with E-state index in [0.717, 1.165) is 16.8 Å². The predicted octanol–water partition coefficient (Wildman–Crippen LogP) is 3.11. The summed E-state index contributed by atoms with van der Waals surface area (Å²) in [6, 6.07) is 7.32. The van der Waals surface area contributed by atoms with Gasteiger partial charge in [0, 0.05) is 19.3 Å². The molecule has 0 bridgehead atoms. The Balaban J connectivity index is 2.35. The molecule has 2 N–H and O–H groups in total. The lowest BCUT2D eigenvalue weighted by molar-refractivity contribution is 0.119. The molecule has 0 unspecified atom stereocenters. The lowest BCUT2D eigenvalue weighted by Gasteiger charge is -2.12. The highest BCUT2D eigenvalue weighted by atomic mass is 16.5. The van der Waals surface area contributed by atoms with Crippen LogP contribution >= 0.6 is 0 Å². The first-order valence-electron chi connectivity index (χ1n) is 6.92. The summed E-state index contributed by atoms with van der Waals surface area (Å²) in [5, 5.41) is 5.51. The Bertz CT molecular complexity index is 474. The topological polar surface area (TPSA) is 59.6 Å². The number of urea groups is 1. The predicted molar refractivity (Wildman–Crippen MR) is 84.5 cm³/mol. The van der Waals surface area contributed by atoms with Crippen LogP contribution in [-0.4, -0.2) is 32.9 Å². The van der Waals surface area contributed by atoms with Gasteiger partial charge in [0.2, 0.25) is 0 Å². The van der Waals surface area contributed by atoms with Crippen LogP contribution in [0, 0.1) is 0 Å². The van der Waals surface area contributed by atoms with E-state index in [9.17, 15) is 4.79 Å². The van der Waals surface area contributed by atoms with Crippen molar-refractivity contribution in [2.24, 2.45) is 0 Å². The Morgan fingerprint density at radius 2 is 2.19 bits per heavy atom. The van der Waals surface area contributed by atoms with Crippen molar-refractivity contribution in [1.29, 1.82) is 0 Å². The second-order valence-electron chi connectivity index (χ2n) is 4.89. The Kier molecular flexibility index (Phi) is 7.50. The van der Waals surface area contributed by atoms with Crippen molar-refractivity contribution in [3.05, 3.63) is 42.0 Å². The molecule has 0 aliphatic carbocycles. The molecule has 0 aliphatic rings. The third kappa shape index (κ3) is 6.92. The fourth-order valence-electron chi connectivity index (χ4n) is 1.66. The zero-order valence-electron chi connectivity index (χ0n) is 12.9. The number of benzene rings is 1. The fraction of sp³-hybridized carbons (Fsp3) is 0.438. The van der Waals surface area contributed by atoms with Gasteiger partial charge in [-0.1, -0.05) is 24.3 Å². The van der Waals surface area contributed by atoms with Crippen molar-refractivity contribution in [2.45, 2.75) is 20.0 Å². The standard InChI is InChI=1S/C16H24N2O3/c1-12(2)11-21-9-8-17-16(19)18-15-7-5-6-14(10-15)13(3)20-4/h5-7,10,13H,1,8-9,11H2,2-4H3,(H2,17,18,19)/t13-/m0/s1. The van der Waals surface area contributed by atoms with Crippen LogP contribution < -0.4 is 10.6 Å². The monoisotopic (exact) mass is 292 g/mol. The molecule has 0 spiro atoms. The molecule has 1 aromatic rings. The van der Waals surface area contributed by atoms with E-state index < -0.39 is 0 Å². The Hall–Kier alpha value is -1.85. The molecule has 21 heavy (non-hydrogen) atoms. The van der Waals surface area contributed by atoms with E-state index in [0.29, 0.717) is 19.8 Å². The molecule has 5 nitrogen and oxygen atoms in total. The van der Waals surface area contributed by atoms with E-state index in [2.05, 4.69) is 17.2 Å². The molecular weight excluding hydrogens is 268 g/mol. The number of methoxy groups -OCH3 is 1. The van der Waals surface area contributed by atoms with Crippen LogP contribution in [0.5, 0.6) is 0 Å². The molecule has 0 radical (unpaired) electrons. The second-order valence-corrected chi connectivity index (χ2v) is 4.89. The number of carbonyl (C=O) groups is 1.